The zero-order valence-electron chi connectivity index (χ0n) is 11.2. The summed E-state index contributed by atoms with van der Waals surface area (Å²) in [6, 6.07) is 2.26. The van der Waals surface area contributed by atoms with E-state index in [1.807, 2.05) is 0 Å². The molecule has 0 aromatic heterocycles. The lowest BCUT2D eigenvalue weighted by molar-refractivity contribution is 0.400. The Labute approximate surface area is 116 Å². The van der Waals surface area contributed by atoms with Gasteiger partial charge in [0.1, 0.15) is 16.5 Å². The van der Waals surface area contributed by atoms with E-state index >= 15 is 0 Å². The molecule has 0 heterocycles. The summed E-state index contributed by atoms with van der Waals surface area (Å²) < 4.78 is 52.3. The topological polar surface area (TPSA) is 87.2 Å². The summed E-state index contributed by atoms with van der Waals surface area (Å²) in [5, 5.41) is 7.28. The molecule has 20 heavy (non-hydrogen) atoms. The van der Waals surface area contributed by atoms with Crippen LogP contribution in [0.4, 0.5) is 8.78 Å². The highest BCUT2D eigenvalue weighted by Crippen LogP contribution is 2.21. The van der Waals surface area contributed by atoms with Crippen LogP contribution in [0.5, 0.6) is 0 Å². The normalized spacial score (nSPS) is 13.4. The minimum atomic E-state index is -4.17. The largest absolute Gasteiger partial charge is 0.387 e. The molecule has 1 aromatic rings. The first-order chi connectivity index (χ1) is 9.20. The van der Waals surface area contributed by atoms with Gasteiger partial charge in [-0.05, 0) is 18.2 Å². The van der Waals surface area contributed by atoms with Gasteiger partial charge in [0.05, 0.1) is 5.84 Å². The number of nitrogens with two attached hydrogens (primary N) is 1. The molecule has 0 fully saturated rings. The van der Waals surface area contributed by atoms with Crippen LogP contribution >= 0.6 is 0 Å². The van der Waals surface area contributed by atoms with Crippen LogP contribution in [0.2, 0.25) is 0 Å². The smallest absolute Gasteiger partial charge is 0.246 e. The molecule has 0 aliphatic rings. The van der Waals surface area contributed by atoms with Crippen molar-refractivity contribution >= 4 is 15.9 Å². The molecule has 8 heteroatoms. The number of nitrogens with one attached hydrogen (secondary N) is 1. The van der Waals surface area contributed by atoms with E-state index in [1.54, 1.807) is 13.8 Å². The minimum absolute atomic E-state index is 0.0654. The molecule has 0 radical (unpaired) electrons. The number of benzene rings is 1. The third kappa shape index (κ3) is 3.51. The minimum Gasteiger partial charge on any atom is -0.387 e. The van der Waals surface area contributed by atoms with Crippen LogP contribution in [0.25, 0.3) is 0 Å². The number of nitrogens with zero attached hydrogens (tertiary/aromatic N) is 1. The third-order valence-electron chi connectivity index (χ3n) is 2.87. The van der Waals surface area contributed by atoms with Crippen LogP contribution < -0.4 is 5.73 Å². The SMILES string of the molecule is CCN(CC(C)C(=N)N)S(=O)(=O)c1cc(F)ccc1F. The van der Waals surface area contributed by atoms with Crippen molar-refractivity contribution in [3.05, 3.63) is 29.8 Å². The van der Waals surface area contributed by atoms with Gasteiger partial charge < -0.3 is 5.73 Å². The summed E-state index contributed by atoms with van der Waals surface area (Å²) >= 11 is 0. The van der Waals surface area contributed by atoms with Crippen LogP contribution in [0.3, 0.4) is 0 Å². The molecule has 1 unspecified atom stereocenters. The van der Waals surface area contributed by atoms with Gasteiger partial charge in [-0.2, -0.15) is 4.31 Å². The van der Waals surface area contributed by atoms with Gasteiger partial charge in [-0.25, -0.2) is 17.2 Å². The Hall–Kier alpha value is -1.54. The Morgan fingerprint density at radius 2 is 2.05 bits per heavy atom. The predicted molar refractivity (Wildman–Crippen MR) is 71.9 cm³/mol. The Morgan fingerprint density at radius 1 is 1.45 bits per heavy atom. The van der Waals surface area contributed by atoms with E-state index in [9.17, 15) is 17.2 Å². The lowest BCUT2D eigenvalue weighted by Crippen LogP contribution is -2.38. The molecule has 0 bridgehead atoms. The Morgan fingerprint density at radius 3 is 2.55 bits per heavy atom. The second-order valence-electron chi connectivity index (χ2n) is 4.39. The molecule has 1 aromatic carbocycles. The Kier molecular flexibility index (Phi) is 5.18. The highest BCUT2D eigenvalue weighted by molar-refractivity contribution is 7.89. The van der Waals surface area contributed by atoms with Crippen molar-refractivity contribution in [2.24, 2.45) is 11.7 Å². The summed E-state index contributed by atoms with van der Waals surface area (Å²) in [5.74, 6) is -2.53. The maximum Gasteiger partial charge on any atom is 0.246 e. The molecule has 0 spiro atoms. The number of sulfonamides is 1. The maximum absolute atomic E-state index is 13.6. The van der Waals surface area contributed by atoms with Crippen LogP contribution in [0, 0.1) is 23.0 Å². The van der Waals surface area contributed by atoms with Gasteiger partial charge >= 0.3 is 0 Å². The molecule has 1 rings (SSSR count). The van der Waals surface area contributed by atoms with E-state index in [1.165, 1.54) is 0 Å². The highest BCUT2D eigenvalue weighted by Gasteiger charge is 2.28. The fraction of sp³-hybridized carbons (Fsp3) is 0.417. The average molecular weight is 305 g/mol. The summed E-state index contributed by atoms with van der Waals surface area (Å²) in [4.78, 5) is -0.713. The first-order valence-electron chi connectivity index (χ1n) is 5.99. The molecule has 0 saturated heterocycles. The zero-order valence-corrected chi connectivity index (χ0v) is 12.0. The monoisotopic (exact) mass is 305 g/mol. The van der Waals surface area contributed by atoms with Crippen molar-refractivity contribution in [1.29, 1.82) is 5.41 Å². The van der Waals surface area contributed by atoms with Crippen molar-refractivity contribution in [3.63, 3.8) is 0 Å². The summed E-state index contributed by atoms with van der Waals surface area (Å²) in [6.45, 7) is 3.16. The molecule has 112 valence electrons. The van der Waals surface area contributed by atoms with E-state index in [2.05, 4.69) is 0 Å². The molecule has 0 aliphatic carbocycles. The lowest BCUT2D eigenvalue weighted by Gasteiger charge is -2.23. The number of hydrogen-bond donors (Lipinski definition) is 2. The van der Waals surface area contributed by atoms with Gasteiger partial charge in [0.15, 0.2) is 0 Å². The van der Waals surface area contributed by atoms with Crippen molar-refractivity contribution in [2.75, 3.05) is 13.1 Å². The zero-order chi connectivity index (χ0) is 15.5. The van der Waals surface area contributed by atoms with Gasteiger partial charge in [-0.1, -0.05) is 13.8 Å². The molecule has 0 aliphatic heterocycles. The Balaban J connectivity index is 3.18. The second kappa shape index (κ2) is 6.27. The van der Waals surface area contributed by atoms with Crippen LogP contribution in [-0.2, 0) is 10.0 Å². The molecule has 5 nitrogen and oxygen atoms in total. The summed E-state index contributed by atoms with van der Waals surface area (Å²) in [6.07, 6.45) is 0. The first kappa shape index (κ1) is 16.5. The number of hydrogen-bond acceptors (Lipinski definition) is 3. The predicted octanol–water partition coefficient (Wildman–Crippen LogP) is 1.55. The van der Waals surface area contributed by atoms with Crippen LogP contribution in [-0.4, -0.2) is 31.6 Å². The summed E-state index contributed by atoms with van der Waals surface area (Å²) in [7, 11) is -4.17. The molecule has 1 atom stereocenters. The first-order valence-corrected chi connectivity index (χ1v) is 7.43. The number of amidine groups is 1. The average Bonchev–Trinajstić information content (AvgIpc) is 2.37. The van der Waals surface area contributed by atoms with Crippen LogP contribution in [0.15, 0.2) is 23.1 Å². The second-order valence-corrected chi connectivity index (χ2v) is 6.29. The van der Waals surface area contributed by atoms with E-state index < -0.39 is 32.5 Å². The van der Waals surface area contributed by atoms with E-state index in [-0.39, 0.29) is 18.9 Å². The molecular formula is C12H17F2N3O2S. The van der Waals surface area contributed by atoms with Crippen molar-refractivity contribution < 1.29 is 17.2 Å². The quantitative estimate of drug-likeness (QED) is 0.617. The van der Waals surface area contributed by atoms with Gasteiger partial charge in [0, 0.05) is 19.0 Å². The molecule has 3 N–H and O–H groups in total. The highest BCUT2D eigenvalue weighted by atomic mass is 32.2. The van der Waals surface area contributed by atoms with Crippen molar-refractivity contribution in [1.82, 2.24) is 4.31 Å². The van der Waals surface area contributed by atoms with E-state index in [0.29, 0.717) is 6.07 Å². The van der Waals surface area contributed by atoms with Gasteiger partial charge in [-0.3, -0.25) is 5.41 Å². The van der Waals surface area contributed by atoms with Crippen molar-refractivity contribution in [3.8, 4) is 0 Å². The van der Waals surface area contributed by atoms with Gasteiger partial charge in [0.25, 0.3) is 0 Å². The summed E-state index contributed by atoms with van der Waals surface area (Å²) in [5.41, 5.74) is 5.30. The Bertz CT molecular complexity index is 605. The number of rotatable bonds is 6. The number of halogens is 2. The van der Waals surface area contributed by atoms with E-state index in [0.717, 1.165) is 16.4 Å². The molecule has 0 saturated carbocycles. The fourth-order valence-electron chi connectivity index (χ4n) is 1.61. The van der Waals surface area contributed by atoms with Crippen LogP contribution in [0.1, 0.15) is 13.8 Å². The standard InChI is InChI=1S/C12H17F2N3O2S/c1-3-17(7-8(2)12(15)16)20(18,19)11-6-9(13)4-5-10(11)14/h4-6,8H,3,7H2,1-2H3,(H3,15,16). The fourth-order valence-corrected chi connectivity index (χ4v) is 3.23. The third-order valence-corrected chi connectivity index (χ3v) is 4.83. The van der Waals surface area contributed by atoms with Gasteiger partial charge in [-0.15, -0.1) is 0 Å². The molecular weight excluding hydrogens is 288 g/mol. The van der Waals surface area contributed by atoms with E-state index in [4.69, 9.17) is 11.1 Å². The maximum atomic E-state index is 13.6. The van der Waals surface area contributed by atoms with Crippen molar-refractivity contribution in [2.45, 2.75) is 18.7 Å². The molecule has 0 amide bonds. The van der Waals surface area contributed by atoms with Gasteiger partial charge in [0.2, 0.25) is 10.0 Å². The lowest BCUT2D eigenvalue weighted by atomic mass is 10.1.